The number of nitrogens with one attached hydrogen (secondary N) is 1. The topological polar surface area (TPSA) is 93.2 Å². The number of phenols is 1. The number of halogens is 6. The van der Waals surface area contributed by atoms with Crippen molar-refractivity contribution in [3.05, 3.63) is 35.0 Å². The lowest BCUT2D eigenvalue weighted by atomic mass is 10.1. The van der Waals surface area contributed by atoms with Gasteiger partial charge >= 0.3 is 12.4 Å². The third-order valence-corrected chi connectivity index (χ3v) is 3.15. The average molecular weight is 368 g/mol. The van der Waals surface area contributed by atoms with Gasteiger partial charge in [-0.25, -0.2) is 0 Å². The number of anilines is 2. The number of nitrogen functional groups attached to an aromatic ring is 1. The molecule has 1 amide bonds. The number of hydrogen-bond acceptors (Lipinski definition) is 4. The average Bonchev–Trinajstić information content (AvgIpc) is 2.74. The Hall–Kier alpha value is -2.92. The highest BCUT2D eigenvalue weighted by Crippen LogP contribution is 2.37. The summed E-state index contributed by atoms with van der Waals surface area (Å²) in [6, 6.07) is 1.56. The number of nitrogens with two attached hydrogens (primary N) is 1. The predicted molar refractivity (Wildman–Crippen MR) is 73.7 cm³/mol. The number of carbonyl (C=O) groups excluding carboxylic acids is 1. The molecule has 0 spiro atoms. The van der Waals surface area contributed by atoms with Gasteiger partial charge in [-0.2, -0.15) is 31.4 Å². The summed E-state index contributed by atoms with van der Waals surface area (Å²) in [5.74, 6) is -2.65. The van der Waals surface area contributed by atoms with E-state index in [-0.39, 0.29) is 0 Å². The zero-order chi connectivity index (χ0) is 19.2. The molecule has 1 aromatic heterocycles. The maximum atomic E-state index is 12.7. The second kappa shape index (κ2) is 5.86. The van der Waals surface area contributed by atoms with Crippen LogP contribution in [0.5, 0.6) is 5.75 Å². The first kappa shape index (κ1) is 18.4. The second-order valence-electron chi connectivity index (χ2n) is 4.92. The van der Waals surface area contributed by atoms with Crippen LogP contribution in [-0.4, -0.2) is 20.8 Å². The van der Waals surface area contributed by atoms with Crippen LogP contribution in [0.4, 0.5) is 37.8 Å². The largest absolute Gasteiger partial charge is 0.507 e. The van der Waals surface area contributed by atoms with Crippen molar-refractivity contribution in [3.8, 4) is 5.75 Å². The van der Waals surface area contributed by atoms with Crippen molar-refractivity contribution in [3.63, 3.8) is 0 Å². The van der Waals surface area contributed by atoms with Crippen molar-refractivity contribution in [1.29, 1.82) is 0 Å². The van der Waals surface area contributed by atoms with Gasteiger partial charge in [0, 0.05) is 7.05 Å². The summed E-state index contributed by atoms with van der Waals surface area (Å²) >= 11 is 0. The van der Waals surface area contributed by atoms with Crippen LogP contribution >= 0.6 is 0 Å². The molecule has 0 aliphatic rings. The Morgan fingerprint density at radius 2 is 1.80 bits per heavy atom. The molecule has 1 heterocycles. The van der Waals surface area contributed by atoms with E-state index in [0.717, 1.165) is 7.05 Å². The van der Waals surface area contributed by atoms with E-state index in [0.29, 0.717) is 22.9 Å². The van der Waals surface area contributed by atoms with Gasteiger partial charge in [0.15, 0.2) is 11.5 Å². The summed E-state index contributed by atoms with van der Waals surface area (Å²) in [4.78, 5) is 12.1. The molecule has 6 nitrogen and oxygen atoms in total. The molecular formula is C13H10F6N4O2. The minimum atomic E-state index is -4.89. The van der Waals surface area contributed by atoms with Crippen molar-refractivity contribution in [2.24, 2.45) is 7.05 Å². The Balaban J connectivity index is 2.40. The number of alkyl halides is 6. The van der Waals surface area contributed by atoms with E-state index < -0.39 is 52.3 Å². The van der Waals surface area contributed by atoms with Gasteiger partial charge in [0.2, 0.25) is 0 Å². The third kappa shape index (κ3) is 3.61. The van der Waals surface area contributed by atoms with Crippen molar-refractivity contribution >= 4 is 17.4 Å². The van der Waals surface area contributed by atoms with E-state index in [1.165, 1.54) is 0 Å². The van der Waals surface area contributed by atoms with Gasteiger partial charge in [0.25, 0.3) is 5.91 Å². The molecule has 0 unspecified atom stereocenters. The van der Waals surface area contributed by atoms with Crippen LogP contribution in [0.3, 0.4) is 0 Å². The van der Waals surface area contributed by atoms with Crippen molar-refractivity contribution in [2.45, 2.75) is 12.4 Å². The summed E-state index contributed by atoms with van der Waals surface area (Å²) in [5, 5.41) is 14.6. The Labute approximate surface area is 135 Å². The molecule has 0 saturated heterocycles. The van der Waals surface area contributed by atoms with E-state index in [2.05, 4.69) is 5.10 Å². The number of hydrogen-bond donors (Lipinski definition) is 3. The lowest BCUT2D eigenvalue weighted by Gasteiger charge is -2.11. The number of aryl methyl sites for hydroxylation is 1. The summed E-state index contributed by atoms with van der Waals surface area (Å²) in [6.07, 6.45) is -9.67. The standard InChI is InChI=1S/C13H10F6N4O2/c1-23-10(8(20)9(22-23)13(17,18)19)21-11(25)6-4-5(12(14,15)16)2-3-7(6)24/h2-4,24H,20H2,1H3,(H,21,25). The van der Waals surface area contributed by atoms with Gasteiger partial charge in [0.1, 0.15) is 11.4 Å². The second-order valence-corrected chi connectivity index (χ2v) is 4.92. The molecule has 0 bridgehead atoms. The molecule has 0 radical (unpaired) electrons. The highest BCUT2D eigenvalue weighted by molar-refractivity contribution is 6.07. The van der Waals surface area contributed by atoms with Crippen molar-refractivity contribution in [1.82, 2.24) is 9.78 Å². The van der Waals surface area contributed by atoms with Gasteiger partial charge in [-0.3, -0.25) is 9.48 Å². The van der Waals surface area contributed by atoms with E-state index in [4.69, 9.17) is 5.73 Å². The Kier molecular flexibility index (Phi) is 4.32. The molecule has 0 atom stereocenters. The smallest absolute Gasteiger partial charge is 0.437 e. The van der Waals surface area contributed by atoms with Crippen molar-refractivity contribution in [2.75, 3.05) is 11.1 Å². The minimum Gasteiger partial charge on any atom is -0.507 e. The van der Waals surface area contributed by atoms with E-state index in [1.807, 2.05) is 5.32 Å². The van der Waals surface area contributed by atoms with E-state index in [9.17, 15) is 36.2 Å². The monoisotopic (exact) mass is 368 g/mol. The van der Waals surface area contributed by atoms with Gasteiger partial charge in [-0.15, -0.1) is 0 Å². The molecule has 0 aliphatic carbocycles. The lowest BCUT2D eigenvalue weighted by molar-refractivity contribution is -0.141. The number of aromatic nitrogens is 2. The maximum Gasteiger partial charge on any atom is 0.437 e. The Bertz CT molecular complexity index is 825. The third-order valence-electron chi connectivity index (χ3n) is 3.15. The Morgan fingerprint density at radius 3 is 2.28 bits per heavy atom. The molecule has 136 valence electrons. The highest BCUT2D eigenvalue weighted by atomic mass is 19.4. The molecule has 2 aromatic rings. The fraction of sp³-hybridized carbons (Fsp3) is 0.231. The fourth-order valence-corrected chi connectivity index (χ4v) is 1.97. The van der Waals surface area contributed by atoms with Gasteiger partial charge < -0.3 is 16.2 Å². The normalized spacial score (nSPS) is 12.3. The summed E-state index contributed by atoms with van der Waals surface area (Å²) in [5.41, 5.74) is 0.920. The first-order chi connectivity index (χ1) is 11.3. The molecule has 0 fully saturated rings. The molecule has 0 saturated carbocycles. The van der Waals surface area contributed by atoms with Crippen LogP contribution < -0.4 is 11.1 Å². The van der Waals surface area contributed by atoms with Crippen LogP contribution in [0.15, 0.2) is 18.2 Å². The summed E-state index contributed by atoms with van der Waals surface area (Å²) in [7, 11) is 1.05. The number of rotatable bonds is 2. The molecule has 0 aliphatic heterocycles. The molecule has 25 heavy (non-hydrogen) atoms. The number of carbonyl (C=O) groups is 1. The Morgan fingerprint density at radius 1 is 1.20 bits per heavy atom. The number of amides is 1. The van der Waals surface area contributed by atoms with Crippen LogP contribution in [0.1, 0.15) is 21.6 Å². The number of aromatic hydroxyl groups is 1. The number of nitrogens with zero attached hydrogens (tertiary/aromatic N) is 2. The fourth-order valence-electron chi connectivity index (χ4n) is 1.97. The minimum absolute atomic E-state index is 0.363. The van der Waals surface area contributed by atoms with Crippen LogP contribution in [-0.2, 0) is 19.4 Å². The summed E-state index contributed by atoms with van der Waals surface area (Å²) < 4.78 is 76.8. The number of phenolic OH excluding ortho intramolecular Hbond substituents is 1. The quantitative estimate of drug-likeness (QED) is 0.711. The number of benzene rings is 1. The summed E-state index contributed by atoms with van der Waals surface area (Å²) in [6.45, 7) is 0. The maximum absolute atomic E-state index is 12.7. The first-order valence-electron chi connectivity index (χ1n) is 6.43. The molecule has 4 N–H and O–H groups in total. The zero-order valence-corrected chi connectivity index (χ0v) is 12.3. The highest BCUT2D eigenvalue weighted by Gasteiger charge is 2.39. The van der Waals surface area contributed by atoms with Crippen molar-refractivity contribution < 1.29 is 36.2 Å². The zero-order valence-electron chi connectivity index (χ0n) is 12.3. The first-order valence-corrected chi connectivity index (χ1v) is 6.43. The predicted octanol–water partition coefficient (Wildman–Crippen LogP) is 3.00. The van der Waals surface area contributed by atoms with Gasteiger partial charge in [-0.05, 0) is 18.2 Å². The molecule has 12 heteroatoms. The molecular weight excluding hydrogens is 358 g/mol. The SMILES string of the molecule is Cn1nc(C(F)(F)F)c(N)c1NC(=O)c1cc(C(F)(F)F)ccc1O. The van der Waals surface area contributed by atoms with Crippen LogP contribution in [0.25, 0.3) is 0 Å². The van der Waals surface area contributed by atoms with Gasteiger partial charge in [-0.1, -0.05) is 0 Å². The van der Waals surface area contributed by atoms with E-state index >= 15 is 0 Å². The van der Waals surface area contributed by atoms with Crippen LogP contribution in [0.2, 0.25) is 0 Å². The lowest BCUT2D eigenvalue weighted by Crippen LogP contribution is -2.17. The van der Waals surface area contributed by atoms with Crippen LogP contribution in [0, 0.1) is 0 Å². The molecule has 2 rings (SSSR count). The van der Waals surface area contributed by atoms with E-state index in [1.54, 1.807) is 0 Å². The van der Waals surface area contributed by atoms with Gasteiger partial charge in [0.05, 0.1) is 11.1 Å². The molecule has 1 aromatic carbocycles.